The van der Waals surface area contributed by atoms with E-state index < -0.39 is 23.6 Å². The molecule has 1 aromatic rings. The van der Waals surface area contributed by atoms with E-state index in [4.69, 9.17) is 5.73 Å². The number of nitrogens with two attached hydrogens (primary N) is 1. The molecule has 0 aliphatic heterocycles. The molecule has 0 bridgehead atoms. The van der Waals surface area contributed by atoms with Gasteiger partial charge < -0.3 is 5.73 Å². The predicted octanol–water partition coefficient (Wildman–Crippen LogP) is 0.903. The Morgan fingerprint density at radius 2 is 2.00 bits per heavy atom. The van der Waals surface area contributed by atoms with Crippen LogP contribution in [-0.4, -0.2) is 15.9 Å². The highest BCUT2D eigenvalue weighted by Gasteiger charge is 2.35. The Hall–Kier alpha value is -1.66. The molecule has 0 atom stereocenters. The Labute approximate surface area is 77.0 Å². The lowest BCUT2D eigenvalue weighted by Crippen LogP contribution is -2.19. The average Bonchev–Trinajstić information content (AvgIpc) is 2.01. The van der Waals surface area contributed by atoms with Crippen molar-refractivity contribution in [2.24, 2.45) is 5.73 Å². The number of carbonyl (C=O) groups is 1. The number of halogens is 3. The maximum Gasteiger partial charge on any atom is 0.451 e. The van der Waals surface area contributed by atoms with Gasteiger partial charge in [-0.2, -0.15) is 13.2 Å². The van der Waals surface area contributed by atoms with Crippen LogP contribution >= 0.6 is 0 Å². The molecule has 0 aliphatic carbocycles. The van der Waals surface area contributed by atoms with Crippen molar-refractivity contribution < 1.29 is 18.0 Å². The van der Waals surface area contributed by atoms with Crippen LogP contribution in [-0.2, 0) is 6.18 Å². The monoisotopic (exact) mass is 205 g/mol. The molecule has 0 saturated carbocycles. The second kappa shape index (κ2) is 3.24. The maximum absolute atomic E-state index is 12.1. The van der Waals surface area contributed by atoms with Crippen LogP contribution in [0.3, 0.4) is 0 Å². The van der Waals surface area contributed by atoms with Crippen LogP contribution < -0.4 is 5.73 Å². The molecule has 0 spiro atoms. The number of amides is 1. The van der Waals surface area contributed by atoms with Crippen molar-refractivity contribution in [3.05, 3.63) is 23.3 Å². The zero-order valence-corrected chi connectivity index (χ0v) is 7.09. The number of aromatic nitrogens is 2. The van der Waals surface area contributed by atoms with E-state index >= 15 is 0 Å². The van der Waals surface area contributed by atoms with Gasteiger partial charge in [0.2, 0.25) is 5.82 Å². The number of alkyl halides is 3. The predicted molar refractivity (Wildman–Crippen MR) is 40.3 cm³/mol. The van der Waals surface area contributed by atoms with E-state index in [2.05, 4.69) is 9.97 Å². The molecule has 1 rings (SSSR count). The third-order valence-corrected chi connectivity index (χ3v) is 1.36. The number of hydrogen-bond acceptors (Lipinski definition) is 3. The fourth-order valence-corrected chi connectivity index (χ4v) is 0.822. The topological polar surface area (TPSA) is 68.9 Å². The van der Waals surface area contributed by atoms with Crippen LogP contribution in [0.1, 0.15) is 22.0 Å². The largest absolute Gasteiger partial charge is 0.451 e. The molecule has 0 aliphatic rings. The SMILES string of the molecule is Cc1cc(C(N)=O)nc(C(F)(F)F)n1. The summed E-state index contributed by atoms with van der Waals surface area (Å²) >= 11 is 0. The summed E-state index contributed by atoms with van der Waals surface area (Å²) in [4.78, 5) is 16.7. The summed E-state index contributed by atoms with van der Waals surface area (Å²) in [5.41, 5.74) is 4.40. The smallest absolute Gasteiger partial charge is 0.364 e. The lowest BCUT2D eigenvalue weighted by Gasteiger charge is -2.06. The van der Waals surface area contributed by atoms with Gasteiger partial charge in [0.15, 0.2) is 0 Å². The highest BCUT2D eigenvalue weighted by Crippen LogP contribution is 2.26. The molecule has 14 heavy (non-hydrogen) atoms. The number of aryl methyl sites for hydroxylation is 1. The van der Waals surface area contributed by atoms with E-state index in [0.717, 1.165) is 6.07 Å². The molecular formula is C7H6F3N3O. The lowest BCUT2D eigenvalue weighted by atomic mass is 10.3. The van der Waals surface area contributed by atoms with Crippen molar-refractivity contribution in [2.75, 3.05) is 0 Å². The number of hydrogen-bond donors (Lipinski definition) is 1. The first kappa shape index (κ1) is 10.4. The zero-order chi connectivity index (χ0) is 10.9. The number of primary amides is 1. The molecule has 0 aromatic carbocycles. The van der Waals surface area contributed by atoms with Gasteiger partial charge in [-0.3, -0.25) is 4.79 Å². The van der Waals surface area contributed by atoms with Gasteiger partial charge >= 0.3 is 6.18 Å². The first-order chi connectivity index (χ1) is 6.30. The minimum atomic E-state index is -4.67. The second-order valence-corrected chi connectivity index (χ2v) is 2.58. The Morgan fingerprint density at radius 1 is 1.43 bits per heavy atom. The van der Waals surface area contributed by atoms with Gasteiger partial charge in [-0.25, -0.2) is 9.97 Å². The Balaban J connectivity index is 3.28. The third kappa shape index (κ3) is 2.18. The third-order valence-electron chi connectivity index (χ3n) is 1.36. The van der Waals surface area contributed by atoms with Gasteiger partial charge in [0.25, 0.3) is 5.91 Å². The zero-order valence-electron chi connectivity index (χ0n) is 7.09. The van der Waals surface area contributed by atoms with Gasteiger partial charge in [-0.05, 0) is 13.0 Å². The van der Waals surface area contributed by atoms with Crippen molar-refractivity contribution in [1.29, 1.82) is 0 Å². The Bertz CT molecular complexity index is 375. The maximum atomic E-state index is 12.1. The van der Waals surface area contributed by atoms with E-state index in [0.29, 0.717) is 0 Å². The molecule has 0 saturated heterocycles. The van der Waals surface area contributed by atoms with Gasteiger partial charge in [-0.15, -0.1) is 0 Å². The van der Waals surface area contributed by atoms with Gasteiger partial charge in [0, 0.05) is 5.69 Å². The molecule has 76 valence electrons. The Morgan fingerprint density at radius 3 is 2.43 bits per heavy atom. The number of carbonyl (C=O) groups excluding carboxylic acids is 1. The van der Waals surface area contributed by atoms with Crippen LogP contribution in [0.2, 0.25) is 0 Å². The van der Waals surface area contributed by atoms with E-state index in [1.165, 1.54) is 6.92 Å². The minimum Gasteiger partial charge on any atom is -0.364 e. The summed E-state index contributed by atoms with van der Waals surface area (Å²) < 4.78 is 36.4. The minimum absolute atomic E-state index is 0.0427. The lowest BCUT2D eigenvalue weighted by molar-refractivity contribution is -0.145. The van der Waals surface area contributed by atoms with Gasteiger partial charge in [-0.1, -0.05) is 0 Å². The average molecular weight is 205 g/mol. The summed E-state index contributed by atoms with van der Waals surface area (Å²) in [6.07, 6.45) is -4.67. The van der Waals surface area contributed by atoms with Crippen LogP contribution in [0, 0.1) is 6.92 Å². The van der Waals surface area contributed by atoms with E-state index in [-0.39, 0.29) is 5.69 Å². The van der Waals surface area contributed by atoms with Crippen LogP contribution in [0.5, 0.6) is 0 Å². The quantitative estimate of drug-likeness (QED) is 0.740. The molecular weight excluding hydrogens is 199 g/mol. The van der Waals surface area contributed by atoms with Crippen LogP contribution in [0.25, 0.3) is 0 Å². The molecule has 0 unspecified atom stereocenters. The second-order valence-electron chi connectivity index (χ2n) is 2.58. The fraction of sp³-hybridized carbons (Fsp3) is 0.286. The van der Waals surface area contributed by atoms with Crippen LogP contribution in [0.4, 0.5) is 13.2 Å². The summed E-state index contributed by atoms with van der Waals surface area (Å²) in [7, 11) is 0. The van der Waals surface area contributed by atoms with Crippen molar-refractivity contribution in [2.45, 2.75) is 13.1 Å². The van der Waals surface area contributed by atoms with Crippen molar-refractivity contribution in [3.8, 4) is 0 Å². The van der Waals surface area contributed by atoms with E-state index in [1.807, 2.05) is 0 Å². The van der Waals surface area contributed by atoms with Crippen LogP contribution in [0.15, 0.2) is 6.07 Å². The first-order valence-corrected chi connectivity index (χ1v) is 3.53. The standard InChI is InChI=1S/C7H6F3N3O/c1-3-2-4(5(11)14)13-6(12-3)7(8,9)10/h2H,1H3,(H2,11,14). The summed E-state index contributed by atoms with van der Waals surface area (Å²) in [5, 5.41) is 0. The fourth-order valence-electron chi connectivity index (χ4n) is 0.822. The normalized spacial score (nSPS) is 11.4. The summed E-state index contributed by atoms with van der Waals surface area (Å²) in [6.45, 7) is 1.32. The summed E-state index contributed by atoms with van der Waals surface area (Å²) in [6, 6.07) is 1.09. The van der Waals surface area contributed by atoms with Crippen molar-refractivity contribution >= 4 is 5.91 Å². The molecule has 0 fully saturated rings. The molecule has 1 aromatic heterocycles. The highest BCUT2D eigenvalue weighted by molar-refractivity contribution is 5.90. The van der Waals surface area contributed by atoms with Crippen molar-refractivity contribution in [1.82, 2.24) is 9.97 Å². The van der Waals surface area contributed by atoms with Crippen molar-refractivity contribution in [3.63, 3.8) is 0 Å². The molecule has 0 radical (unpaired) electrons. The number of nitrogens with zero attached hydrogens (tertiary/aromatic N) is 2. The van der Waals surface area contributed by atoms with Gasteiger partial charge in [0.1, 0.15) is 5.69 Å². The van der Waals surface area contributed by atoms with E-state index in [1.54, 1.807) is 0 Å². The molecule has 7 heteroatoms. The molecule has 1 heterocycles. The molecule has 2 N–H and O–H groups in total. The Kier molecular flexibility index (Phi) is 2.41. The molecule has 4 nitrogen and oxygen atoms in total. The first-order valence-electron chi connectivity index (χ1n) is 3.53. The molecule has 1 amide bonds. The highest BCUT2D eigenvalue weighted by atomic mass is 19.4. The van der Waals surface area contributed by atoms with E-state index in [9.17, 15) is 18.0 Å². The number of rotatable bonds is 1. The summed E-state index contributed by atoms with van der Waals surface area (Å²) in [5.74, 6) is -2.37. The van der Waals surface area contributed by atoms with Gasteiger partial charge in [0.05, 0.1) is 0 Å².